The lowest BCUT2D eigenvalue weighted by atomic mass is 9.67. The van der Waals surface area contributed by atoms with Gasteiger partial charge in [0.15, 0.2) is 0 Å². The van der Waals surface area contributed by atoms with Crippen LogP contribution in [0.4, 0.5) is 4.39 Å². The second-order valence-corrected chi connectivity index (χ2v) is 6.39. The van der Waals surface area contributed by atoms with Crippen LogP contribution >= 0.6 is 15.9 Å². The van der Waals surface area contributed by atoms with Gasteiger partial charge in [-0.1, -0.05) is 19.3 Å². The van der Waals surface area contributed by atoms with E-state index in [1.54, 1.807) is 0 Å². The summed E-state index contributed by atoms with van der Waals surface area (Å²) in [4.78, 5) is 0. The van der Waals surface area contributed by atoms with Crippen LogP contribution < -0.4 is 5.73 Å². The van der Waals surface area contributed by atoms with Crippen LogP contribution in [0.25, 0.3) is 0 Å². The van der Waals surface area contributed by atoms with Crippen molar-refractivity contribution >= 4 is 15.9 Å². The first-order chi connectivity index (χ1) is 8.52. The van der Waals surface area contributed by atoms with Gasteiger partial charge in [-0.3, -0.25) is 0 Å². The van der Waals surface area contributed by atoms with E-state index in [0.29, 0.717) is 11.0 Å². The Labute approximate surface area is 117 Å². The van der Waals surface area contributed by atoms with Gasteiger partial charge >= 0.3 is 0 Å². The molecule has 0 heterocycles. The molecule has 0 aromatic heterocycles. The summed E-state index contributed by atoms with van der Waals surface area (Å²) < 4.78 is 15.1. The van der Waals surface area contributed by atoms with Crippen molar-refractivity contribution in [3.8, 4) is 0 Å². The molecule has 1 aromatic rings. The molecule has 18 heavy (non-hydrogen) atoms. The number of hydrogen-bond donors (Lipinski definition) is 1. The molecule has 1 saturated carbocycles. The molecule has 0 unspecified atom stereocenters. The molecule has 3 heteroatoms. The topological polar surface area (TPSA) is 26.0 Å². The van der Waals surface area contributed by atoms with Crippen molar-refractivity contribution in [2.75, 3.05) is 6.54 Å². The maximum Gasteiger partial charge on any atom is 0.141 e. The van der Waals surface area contributed by atoms with Gasteiger partial charge in [0.25, 0.3) is 0 Å². The Kier molecular flexibility index (Phi) is 4.12. The number of aryl methyl sites for hydroxylation is 1. The van der Waals surface area contributed by atoms with Gasteiger partial charge in [0, 0.05) is 12.0 Å². The number of benzene rings is 1. The van der Waals surface area contributed by atoms with Gasteiger partial charge in [0.2, 0.25) is 0 Å². The van der Waals surface area contributed by atoms with E-state index in [1.165, 1.54) is 6.42 Å². The average molecular weight is 314 g/mol. The lowest BCUT2D eigenvalue weighted by Gasteiger charge is -2.38. The van der Waals surface area contributed by atoms with Crippen molar-refractivity contribution in [2.45, 2.75) is 51.4 Å². The van der Waals surface area contributed by atoms with E-state index in [0.717, 1.165) is 42.4 Å². The zero-order valence-corrected chi connectivity index (χ0v) is 12.7. The number of nitrogens with two attached hydrogens (primary N) is 1. The molecule has 1 aromatic carbocycles. The molecule has 2 rings (SSSR count). The van der Waals surface area contributed by atoms with Gasteiger partial charge in [-0.05, 0) is 65.4 Å². The SMILES string of the molecule is Cc1cc(Br)c(F)c(C2(CN)CCCCC2)c1C. The van der Waals surface area contributed by atoms with Gasteiger partial charge in [0.05, 0.1) is 4.47 Å². The van der Waals surface area contributed by atoms with Crippen molar-refractivity contribution in [2.24, 2.45) is 5.73 Å². The van der Waals surface area contributed by atoms with Gasteiger partial charge in [0.1, 0.15) is 5.82 Å². The highest BCUT2D eigenvalue weighted by atomic mass is 79.9. The Balaban J connectivity index is 2.61. The third-order valence-electron chi connectivity index (χ3n) is 4.47. The molecule has 0 radical (unpaired) electrons. The molecular weight excluding hydrogens is 293 g/mol. The van der Waals surface area contributed by atoms with E-state index in [4.69, 9.17) is 5.73 Å². The number of hydrogen-bond acceptors (Lipinski definition) is 1. The van der Waals surface area contributed by atoms with Crippen LogP contribution in [-0.4, -0.2) is 6.54 Å². The standard InChI is InChI=1S/C15H21BrFN/c1-10-8-12(16)14(17)13(11(10)2)15(9-18)6-4-3-5-7-15/h8H,3-7,9,18H2,1-2H3. The predicted octanol–water partition coefficient (Wildman–Crippen LogP) is 4.37. The third kappa shape index (κ3) is 2.23. The van der Waals surface area contributed by atoms with E-state index in [9.17, 15) is 4.39 Å². The molecule has 1 fully saturated rings. The Hall–Kier alpha value is -0.410. The monoisotopic (exact) mass is 313 g/mol. The third-order valence-corrected chi connectivity index (χ3v) is 5.05. The predicted molar refractivity (Wildman–Crippen MR) is 77.4 cm³/mol. The van der Waals surface area contributed by atoms with Gasteiger partial charge in [-0.15, -0.1) is 0 Å². The maximum absolute atomic E-state index is 14.6. The number of halogens is 2. The van der Waals surface area contributed by atoms with Crippen molar-refractivity contribution < 1.29 is 4.39 Å². The van der Waals surface area contributed by atoms with Crippen LogP contribution in [0.5, 0.6) is 0 Å². The van der Waals surface area contributed by atoms with Gasteiger partial charge in [-0.25, -0.2) is 4.39 Å². The lowest BCUT2D eigenvalue weighted by Crippen LogP contribution is -2.39. The molecule has 1 nitrogen and oxygen atoms in total. The molecule has 0 atom stereocenters. The minimum absolute atomic E-state index is 0.106. The van der Waals surface area contributed by atoms with E-state index < -0.39 is 0 Å². The van der Waals surface area contributed by atoms with Crippen molar-refractivity contribution in [3.05, 3.63) is 33.0 Å². The molecule has 0 saturated heterocycles. The van der Waals surface area contributed by atoms with Gasteiger partial charge < -0.3 is 5.73 Å². The van der Waals surface area contributed by atoms with Gasteiger partial charge in [-0.2, -0.15) is 0 Å². The first kappa shape index (κ1) is 14.0. The van der Waals surface area contributed by atoms with Crippen LogP contribution in [0.15, 0.2) is 10.5 Å². The molecular formula is C15H21BrFN. The zero-order chi connectivity index (χ0) is 13.3. The fourth-order valence-corrected chi connectivity index (χ4v) is 3.80. The van der Waals surface area contributed by atoms with Crippen LogP contribution in [0.3, 0.4) is 0 Å². The summed E-state index contributed by atoms with van der Waals surface area (Å²) in [6.07, 6.45) is 5.58. The molecule has 1 aliphatic carbocycles. The maximum atomic E-state index is 14.6. The first-order valence-electron chi connectivity index (χ1n) is 6.67. The summed E-state index contributed by atoms with van der Waals surface area (Å²) in [6, 6.07) is 1.86. The fraction of sp³-hybridized carbons (Fsp3) is 0.600. The second kappa shape index (κ2) is 5.30. The summed E-state index contributed by atoms with van der Waals surface area (Å²) in [6.45, 7) is 4.60. The average Bonchev–Trinajstić information content (AvgIpc) is 2.38. The van der Waals surface area contributed by atoms with Crippen LogP contribution in [-0.2, 0) is 5.41 Å². The Bertz CT molecular complexity index is 424. The quantitative estimate of drug-likeness (QED) is 0.862. The van der Waals surface area contributed by atoms with E-state index in [1.807, 2.05) is 19.9 Å². The summed E-state index contributed by atoms with van der Waals surface area (Å²) >= 11 is 3.34. The number of rotatable bonds is 2. The Morgan fingerprint density at radius 2 is 1.89 bits per heavy atom. The highest BCUT2D eigenvalue weighted by Crippen LogP contribution is 2.43. The molecule has 0 spiro atoms. The van der Waals surface area contributed by atoms with Crippen LogP contribution in [0.2, 0.25) is 0 Å². The Morgan fingerprint density at radius 1 is 1.28 bits per heavy atom. The summed E-state index contributed by atoms with van der Waals surface area (Å²) in [5.74, 6) is -0.106. The fourth-order valence-electron chi connectivity index (χ4n) is 3.26. The van der Waals surface area contributed by atoms with E-state index >= 15 is 0 Å². The molecule has 1 aliphatic rings. The highest BCUT2D eigenvalue weighted by molar-refractivity contribution is 9.10. The molecule has 0 bridgehead atoms. The largest absolute Gasteiger partial charge is 0.330 e. The summed E-state index contributed by atoms with van der Waals surface area (Å²) in [7, 11) is 0. The summed E-state index contributed by atoms with van der Waals surface area (Å²) in [5.41, 5.74) is 8.94. The second-order valence-electron chi connectivity index (χ2n) is 5.53. The molecule has 0 amide bonds. The van der Waals surface area contributed by atoms with Crippen LogP contribution in [0, 0.1) is 19.7 Å². The van der Waals surface area contributed by atoms with E-state index in [-0.39, 0.29) is 11.2 Å². The molecule has 0 aliphatic heterocycles. The lowest BCUT2D eigenvalue weighted by molar-refractivity contribution is 0.289. The molecule has 100 valence electrons. The molecule has 2 N–H and O–H groups in total. The first-order valence-corrected chi connectivity index (χ1v) is 7.47. The normalized spacial score (nSPS) is 18.9. The van der Waals surface area contributed by atoms with Crippen molar-refractivity contribution in [1.82, 2.24) is 0 Å². The minimum atomic E-state index is -0.152. The summed E-state index contributed by atoms with van der Waals surface area (Å²) in [5, 5.41) is 0. The zero-order valence-electron chi connectivity index (χ0n) is 11.2. The Morgan fingerprint density at radius 3 is 2.44 bits per heavy atom. The minimum Gasteiger partial charge on any atom is -0.330 e. The van der Waals surface area contributed by atoms with Crippen molar-refractivity contribution in [1.29, 1.82) is 0 Å². The highest BCUT2D eigenvalue weighted by Gasteiger charge is 2.37. The van der Waals surface area contributed by atoms with E-state index in [2.05, 4.69) is 15.9 Å². The smallest absolute Gasteiger partial charge is 0.141 e. The van der Waals surface area contributed by atoms with Crippen LogP contribution in [0.1, 0.15) is 48.8 Å². The van der Waals surface area contributed by atoms with Crippen molar-refractivity contribution in [3.63, 3.8) is 0 Å².